The molecule has 1 aromatic carbocycles. The monoisotopic (exact) mass is 397 g/mol. The molecule has 1 amide bonds. The average molecular weight is 398 g/mol. The van der Waals surface area contributed by atoms with Gasteiger partial charge in [0, 0.05) is 24.5 Å². The SMILES string of the molecule is CCCc1nnc(SCC(=O)Nc2ccc([C@H](C)CC)cc2)n1-n1cccc1. The van der Waals surface area contributed by atoms with Crippen LogP contribution in [0.2, 0.25) is 0 Å². The molecule has 7 heteroatoms. The van der Waals surface area contributed by atoms with Gasteiger partial charge in [0.15, 0.2) is 5.82 Å². The highest BCUT2D eigenvalue weighted by molar-refractivity contribution is 7.99. The van der Waals surface area contributed by atoms with Crippen LogP contribution in [0.5, 0.6) is 0 Å². The van der Waals surface area contributed by atoms with Gasteiger partial charge in [-0.05, 0) is 48.6 Å². The number of carbonyl (C=O) groups excluding carboxylic acids is 1. The molecular weight excluding hydrogens is 370 g/mol. The fraction of sp³-hybridized carbons (Fsp3) is 0.381. The second kappa shape index (κ2) is 9.59. The van der Waals surface area contributed by atoms with E-state index in [-0.39, 0.29) is 11.7 Å². The Morgan fingerprint density at radius 3 is 2.50 bits per heavy atom. The average Bonchev–Trinajstić information content (AvgIpc) is 3.36. The topological polar surface area (TPSA) is 64.7 Å². The number of amides is 1. The number of carbonyl (C=O) groups is 1. The van der Waals surface area contributed by atoms with E-state index >= 15 is 0 Å². The Morgan fingerprint density at radius 2 is 1.86 bits per heavy atom. The highest BCUT2D eigenvalue weighted by Gasteiger charge is 2.15. The molecule has 1 N–H and O–H groups in total. The molecule has 0 fully saturated rings. The van der Waals surface area contributed by atoms with E-state index in [0.717, 1.165) is 30.8 Å². The van der Waals surface area contributed by atoms with E-state index in [4.69, 9.17) is 0 Å². The van der Waals surface area contributed by atoms with Crippen molar-refractivity contribution in [1.29, 1.82) is 0 Å². The maximum Gasteiger partial charge on any atom is 0.234 e. The highest BCUT2D eigenvalue weighted by atomic mass is 32.2. The normalized spacial score (nSPS) is 12.1. The first-order valence-electron chi connectivity index (χ1n) is 9.72. The lowest BCUT2D eigenvalue weighted by molar-refractivity contribution is -0.113. The van der Waals surface area contributed by atoms with Crippen molar-refractivity contribution in [2.75, 3.05) is 11.1 Å². The molecule has 0 aliphatic heterocycles. The number of aryl methyl sites for hydroxylation is 1. The number of rotatable bonds is 9. The summed E-state index contributed by atoms with van der Waals surface area (Å²) in [6.07, 6.45) is 6.82. The van der Waals surface area contributed by atoms with Crippen molar-refractivity contribution >= 4 is 23.4 Å². The van der Waals surface area contributed by atoms with Gasteiger partial charge in [0.25, 0.3) is 0 Å². The van der Waals surface area contributed by atoms with Crippen LogP contribution >= 0.6 is 11.8 Å². The van der Waals surface area contributed by atoms with Gasteiger partial charge in [-0.1, -0.05) is 44.7 Å². The first kappa shape index (κ1) is 20.2. The van der Waals surface area contributed by atoms with Crippen molar-refractivity contribution in [3.05, 3.63) is 60.2 Å². The fourth-order valence-electron chi connectivity index (χ4n) is 2.91. The Bertz CT molecular complexity index is 886. The molecule has 0 bridgehead atoms. The highest BCUT2D eigenvalue weighted by Crippen LogP contribution is 2.22. The molecule has 0 unspecified atom stereocenters. The van der Waals surface area contributed by atoms with Gasteiger partial charge in [0.05, 0.1) is 5.75 Å². The first-order chi connectivity index (χ1) is 13.6. The second-order valence-corrected chi connectivity index (χ2v) is 7.73. The third-order valence-corrected chi connectivity index (χ3v) is 5.60. The number of hydrogen-bond donors (Lipinski definition) is 1. The Labute approximate surface area is 170 Å². The number of thioether (sulfide) groups is 1. The van der Waals surface area contributed by atoms with E-state index < -0.39 is 0 Å². The van der Waals surface area contributed by atoms with Crippen LogP contribution in [0.25, 0.3) is 0 Å². The molecular formula is C21H27N5OS. The lowest BCUT2D eigenvalue weighted by Crippen LogP contribution is -2.16. The molecule has 0 radical (unpaired) electrons. The molecule has 3 aromatic rings. The van der Waals surface area contributed by atoms with Gasteiger partial charge < -0.3 is 5.32 Å². The zero-order chi connectivity index (χ0) is 19.9. The fourth-order valence-corrected chi connectivity index (χ4v) is 3.67. The van der Waals surface area contributed by atoms with Gasteiger partial charge in [-0.3, -0.25) is 9.47 Å². The van der Waals surface area contributed by atoms with Crippen LogP contribution in [0.4, 0.5) is 5.69 Å². The van der Waals surface area contributed by atoms with Crippen LogP contribution in [-0.4, -0.2) is 31.2 Å². The van der Waals surface area contributed by atoms with E-state index in [1.807, 2.05) is 46.0 Å². The molecule has 0 saturated heterocycles. The van der Waals surface area contributed by atoms with Crippen molar-refractivity contribution in [3.8, 4) is 0 Å². The molecule has 0 aliphatic rings. The minimum absolute atomic E-state index is 0.0552. The third-order valence-electron chi connectivity index (χ3n) is 4.68. The maximum atomic E-state index is 12.4. The smallest absolute Gasteiger partial charge is 0.234 e. The molecule has 6 nitrogen and oxygen atoms in total. The van der Waals surface area contributed by atoms with Gasteiger partial charge in [-0.25, -0.2) is 4.68 Å². The lowest BCUT2D eigenvalue weighted by atomic mass is 9.99. The van der Waals surface area contributed by atoms with Crippen molar-refractivity contribution in [3.63, 3.8) is 0 Å². The lowest BCUT2D eigenvalue weighted by Gasteiger charge is -2.11. The molecule has 1 atom stereocenters. The summed E-state index contributed by atoms with van der Waals surface area (Å²) < 4.78 is 3.90. The van der Waals surface area contributed by atoms with Crippen molar-refractivity contribution in [2.24, 2.45) is 0 Å². The van der Waals surface area contributed by atoms with Crippen molar-refractivity contribution < 1.29 is 4.79 Å². The zero-order valence-electron chi connectivity index (χ0n) is 16.6. The Kier molecular flexibility index (Phi) is 6.92. The predicted octanol–water partition coefficient (Wildman–Crippen LogP) is 4.59. The number of anilines is 1. The largest absolute Gasteiger partial charge is 0.325 e. The Morgan fingerprint density at radius 1 is 1.14 bits per heavy atom. The van der Waals surface area contributed by atoms with Crippen molar-refractivity contribution in [2.45, 2.75) is 51.1 Å². The molecule has 2 aromatic heterocycles. The summed E-state index contributed by atoms with van der Waals surface area (Å²) in [5.41, 5.74) is 2.11. The Hall–Kier alpha value is -2.54. The molecule has 28 heavy (non-hydrogen) atoms. The predicted molar refractivity (Wildman–Crippen MR) is 114 cm³/mol. The standard InChI is InChI=1S/C21H27N5OS/c1-4-8-19-23-24-21(26(19)25-13-6-7-14-25)28-15-20(27)22-18-11-9-17(10-12-18)16(3)5-2/h6-7,9-14,16H,4-5,8,15H2,1-3H3,(H,22,27)/t16-/m1/s1. The molecule has 148 valence electrons. The van der Waals surface area contributed by atoms with Crippen LogP contribution in [0.15, 0.2) is 53.9 Å². The van der Waals surface area contributed by atoms with E-state index in [2.05, 4.69) is 48.4 Å². The summed E-state index contributed by atoms with van der Waals surface area (Å²) in [5, 5.41) is 12.3. The van der Waals surface area contributed by atoms with Gasteiger partial charge in [0.1, 0.15) is 0 Å². The van der Waals surface area contributed by atoms with Gasteiger partial charge in [0.2, 0.25) is 11.1 Å². The number of nitrogens with zero attached hydrogens (tertiary/aromatic N) is 4. The summed E-state index contributed by atoms with van der Waals surface area (Å²) in [7, 11) is 0. The molecule has 0 saturated carbocycles. The van der Waals surface area contributed by atoms with Crippen LogP contribution in [0, 0.1) is 0 Å². The molecule has 3 rings (SSSR count). The summed E-state index contributed by atoms with van der Waals surface area (Å²) in [5.74, 6) is 1.64. The second-order valence-electron chi connectivity index (χ2n) is 6.79. The van der Waals surface area contributed by atoms with Crippen LogP contribution in [0.3, 0.4) is 0 Å². The minimum Gasteiger partial charge on any atom is -0.325 e. The summed E-state index contributed by atoms with van der Waals surface area (Å²) in [6, 6.07) is 12.0. The van der Waals surface area contributed by atoms with Gasteiger partial charge in [-0.2, -0.15) is 0 Å². The van der Waals surface area contributed by atoms with E-state index in [0.29, 0.717) is 11.1 Å². The molecule has 2 heterocycles. The zero-order valence-corrected chi connectivity index (χ0v) is 17.4. The van der Waals surface area contributed by atoms with Gasteiger partial charge in [-0.15, -0.1) is 10.2 Å². The quantitative estimate of drug-likeness (QED) is 0.537. The number of nitrogens with one attached hydrogen (secondary N) is 1. The third kappa shape index (κ3) is 4.84. The molecule has 0 aliphatic carbocycles. The van der Waals surface area contributed by atoms with E-state index in [1.54, 1.807) is 0 Å². The molecule has 0 spiro atoms. The maximum absolute atomic E-state index is 12.4. The summed E-state index contributed by atoms with van der Waals surface area (Å²) in [6.45, 7) is 6.50. The number of aromatic nitrogens is 4. The minimum atomic E-state index is -0.0552. The van der Waals surface area contributed by atoms with E-state index in [9.17, 15) is 4.79 Å². The van der Waals surface area contributed by atoms with Gasteiger partial charge >= 0.3 is 0 Å². The first-order valence-corrected chi connectivity index (χ1v) is 10.7. The summed E-state index contributed by atoms with van der Waals surface area (Å²) in [4.78, 5) is 12.4. The summed E-state index contributed by atoms with van der Waals surface area (Å²) >= 11 is 1.39. The Balaban J connectivity index is 1.63. The number of benzene rings is 1. The number of hydrogen-bond acceptors (Lipinski definition) is 4. The van der Waals surface area contributed by atoms with Crippen LogP contribution in [-0.2, 0) is 11.2 Å². The van der Waals surface area contributed by atoms with E-state index in [1.165, 1.54) is 17.3 Å². The van der Waals surface area contributed by atoms with Crippen LogP contribution in [0.1, 0.15) is 50.9 Å². The van der Waals surface area contributed by atoms with Crippen molar-refractivity contribution in [1.82, 2.24) is 19.5 Å². The van der Waals surface area contributed by atoms with Crippen LogP contribution < -0.4 is 5.32 Å².